The predicted molar refractivity (Wildman–Crippen MR) is 139 cm³/mol. The number of nitrogens with one attached hydrogen (secondary N) is 1. The fraction of sp³-hybridized carbons (Fsp3) is 0.194. The molecular weight excluding hydrogens is 434 g/mol. The highest BCUT2D eigenvalue weighted by molar-refractivity contribution is 5.69. The van der Waals surface area contributed by atoms with E-state index < -0.39 is 5.54 Å². The zero-order valence-electron chi connectivity index (χ0n) is 20.0. The van der Waals surface area contributed by atoms with Crippen molar-refractivity contribution in [2.45, 2.75) is 18.4 Å². The van der Waals surface area contributed by atoms with E-state index in [1.54, 1.807) is 0 Å². The molecular formula is C31H31NO3. The van der Waals surface area contributed by atoms with Gasteiger partial charge in [-0.1, -0.05) is 109 Å². The standard InChI is InChI=1S/C31H31NO3/c1-34-30(33)22-21-25-13-11-12-20-29(25)35-24-23-32-31(26-14-5-2-6-15-26,27-16-7-3-8-17-27)28-18-9-4-10-19-28/h2-20,32H,21-24H2,1H3. The van der Waals surface area contributed by atoms with Gasteiger partial charge in [0.15, 0.2) is 0 Å². The number of carbonyl (C=O) groups is 1. The van der Waals surface area contributed by atoms with Crippen LogP contribution in [0.4, 0.5) is 0 Å². The Balaban J connectivity index is 1.58. The zero-order chi connectivity index (χ0) is 24.3. The summed E-state index contributed by atoms with van der Waals surface area (Å²) in [5.41, 5.74) is 3.96. The van der Waals surface area contributed by atoms with Gasteiger partial charge in [-0.25, -0.2) is 0 Å². The lowest BCUT2D eigenvalue weighted by Crippen LogP contribution is -2.46. The summed E-state index contributed by atoms with van der Waals surface area (Å²) >= 11 is 0. The van der Waals surface area contributed by atoms with Crippen molar-refractivity contribution in [2.75, 3.05) is 20.3 Å². The molecule has 0 radical (unpaired) electrons. The van der Waals surface area contributed by atoms with E-state index in [0.717, 1.165) is 28.0 Å². The second-order valence-corrected chi connectivity index (χ2v) is 8.31. The number of hydrogen-bond acceptors (Lipinski definition) is 4. The monoisotopic (exact) mass is 465 g/mol. The molecule has 4 aromatic carbocycles. The van der Waals surface area contributed by atoms with Crippen molar-refractivity contribution >= 4 is 5.97 Å². The van der Waals surface area contributed by atoms with Gasteiger partial charge in [0, 0.05) is 13.0 Å². The van der Waals surface area contributed by atoms with Gasteiger partial charge in [0.2, 0.25) is 0 Å². The van der Waals surface area contributed by atoms with Crippen molar-refractivity contribution in [3.05, 3.63) is 138 Å². The summed E-state index contributed by atoms with van der Waals surface area (Å²) < 4.78 is 11.0. The van der Waals surface area contributed by atoms with Gasteiger partial charge in [-0.15, -0.1) is 0 Å². The van der Waals surface area contributed by atoms with Crippen molar-refractivity contribution in [2.24, 2.45) is 0 Å². The van der Waals surface area contributed by atoms with Crippen molar-refractivity contribution < 1.29 is 14.3 Å². The SMILES string of the molecule is COC(=O)CCc1ccccc1OCCNC(c1ccccc1)(c1ccccc1)c1ccccc1. The van der Waals surface area contributed by atoms with Crippen LogP contribution >= 0.6 is 0 Å². The molecule has 0 aliphatic carbocycles. The summed E-state index contributed by atoms with van der Waals surface area (Å²) in [7, 11) is 1.41. The number of para-hydroxylation sites is 1. The number of ether oxygens (including phenoxy) is 2. The number of methoxy groups -OCH3 is 1. The number of carbonyl (C=O) groups excluding carboxylic acids is 1. The highest BCUT2D eigenvalue weighted by Crippen LogP contribution is 2.36. The van der Waals surface area contributed by atoms with E-state index in [9.17, 15) is 4.79 Å². The van der Waals surface area contributed by atoms with Crippen LogP contribution in [0.2, 0.25) is 0 Å². The molecule has 4 heteroatoms. The minimum atomic E-state index is -0.530. The average Bonchev–Trinajstić information content (AvgIpc) is 2.94. The molecule has 0 aliphatic rings. The summed E-state index contributed by atoms with van der Waals surface area (Å²) in [6.07, 6.45) is 0.909. The third-order valence-electron chi connectivity index (χ3n) is 6.17. The topological polar surface area (TPSA) is 47.6 Å². The lowest BCUT2D eigenvalue weighted by molar-refractivity contribution is -0.140. The van der Waals surface area contributed by atoms with Gasteiger partial charge >= 0.3 is 5.97 Å². The minimum Gasteiger partial charge on any atom is -0.492 e. The van der Waals surface area contributed by atoms with Crippen molar-refractivity contribution in [3.63, 3.8) is 0 Å². The third kappa shape index (κ3) is 5.79. The van der Waals surface area contributed by atoms with Gasteiger partial charge in [0.25, 0.3) is 0 Å². The molecule has 4 aromatic rings. The molecule has 0 saturated heterocycles. The Hall–Kier alpha value is -3.89. The molecule has 4 rings (SSSR count). The van der Waals surface area contributed by atoms with Gasteiger partial charge in [-0.2, -0.15) is 0 Å². The Labute approximate surface area is 207 Å². The van der Waals surface area contributed by atoms with Crippen LogP contribution in [0.25, 0.3) is 0 Å². The molecule has 0 heterocycles. The predicted octanol–water partition coefficient (Wildman–Crippen LogP) is 5.75. The molecule has 0 aromatic heterocycles. The number of hydrogen-bond donors (Lipinski definition) is 1. The van der Waals surface area contributed by atoms with Crippen LogP contribution in [-0.4, -0.2) is 26.2 Å². The highest BCUT2D eigenvalue weighted by Gasteiger charge is 2.35. The van der Waals surface area contributed by atoms with E-state index in [2.05, 4.69) is 78.1 Å². The van der Waals surface area contributed by atoms with Crippen LogP contribution in [0.5, 0.6) is 5.75 Å². The first kappa shape index (κ1) is 24.2. The second-order valence-electron chi connectivity index (χ2n) is 8.31. The number of rotatable bonds is 11. The Morgan fingerprint density at radius 2 is 1.20 bits per heavy atom. The van der Waals surface area contributed by atoms with E-state index in [1.165, 1.54) is 7.11 Å². The fourth-order valence-electron chi connectivity index (χ4n) is 4.46. The summed E-state index contributed by atoms with van der Waals surface area (Å²) in [6.45, 7) is 1.09. The average molecular weight is 466 g/mol. The third-order valence-corrected chi connectivity index (χ3v) is 6.17. The molecule has 0 spiro atoms. The number of benzene rings is 4. The quantitative estimate of drug-likeness (QED) is 0.174. The summed E-state index contributed by atoms with van der Waals surface area (Å²) in [6, 6.07) is 39.4. The molecule has 0 atom stereocenters. The first-order chi connectivity index (χ1) is 17.2. The zero-order valence-corrected chi connectivity index (χ0v) is 20.0. The van der Waals surface area contributed by atoms with E-state index in [0.29, 0.717) is 26.0 Å². The van der Waals surface area contributed by atoms with Crippen molar-refractivity contribution in [3.8, 4) is 5.75 Å². The highest BCUT2D eigenvalue weighted by atomic mass is 16.5. The van der Waals surface area contributed by atoms with Crippen molar-refractivity contribution in [1.82, 2.24) is 5.32 Å². The molecule has 0 bridgehead atoms. The van der Waals surface area contributed by atoms with E-state index in [4.69, 9.17) is 9.47 Å². The molecule has 0 saturated carbocycles. The maximum atomic E-state index is 11.6. The van der Waals surface area contributed by atoms with Crippen LogP contribution in [0.1, 0.15) is 28.7 Å². The first-order valence-corrected chi connectivity index (χ1v) is 11.9. The number of aryl methyl sites for hydroxylation is 1. The minimum absolute atomic E-state index is 0.222. The molecule has 35 heavy (non-hydrogen) atoms. The molecule has 1 N–H and O–H groups in total. The van der Waals surface area contributed by atoms with Crippen LogP contribution in [0, 0.1) is 0 Å². The first-order valence-electron chi connectivity index (χ1n) is 11.9. The van der Waals surface area contributed by atoms with Crippen LogP contribution in [-0.2, 0) is 21.5 Å². The molecule has 4 nitrogen and oxygen atoms in total. The Morgan fingerprint density at radius 3 is 1.71 bits per heavy atom. The van der Waals surface area contributed by atoms with Gasteiger partial charge in [-0.3, -0.25) is 10.1 Å². The lowest BCUT2D eigenvalue weighted by atomic mass is 9.77. The van der Waals surface area contributed by atoms with E-state index in [-0.39, 0.29) is 5.97 Å². The Bertz CT molecular complexity index is 1100. The number of esters is 1. The summed E-state index contributed by atoms with van der Waals surface area (Å²) in [4.78, 5) is 11.6. The molecule has 0 amide bonds. The normalized spacial score (nSPS) is 11.1. The fourth-order valence-corrected chi connectivity index (χ4v) is 4.46. The van der Waals surface area contributed by atoms with Crippen LogP contribution in [0.3, 0.4) is 0 Å². The summed E-state index contributed by atoms with van der Waals surface area (Å²) in [5.74, 6) is 0.572. The molecule has 178 valence electrons. The maximum Gasteiger partial charge on any atom is 0.305 e. The van der Waals surface area contributed by atoms with Gasteiger partial charge in [-0.05, 0) is 34.7 Å². The maximum absolute atomic E-state index is 11.6. The Kier molecular flexibility index (Phi) is 8.31. The molecule has 0 unspecified atom stereocenters. The molecule has 0 fully saturated rings. The summed E-state index contributed by atoms with van der Waals surface area (Å²) in [5, 5.41) is 3.83. The lowest BCUT2D eigenvalue weighted by Gasteiger charge is -2.37. The van der Waals surface area contributed by atoms with Crippen molar-refractivity contribution in [1.29, 1.82) is 0 Å². The van der Waals surface area contributed by atoms with E-state index >= 15 is 0 Å². The van der Waals surface area contributed by atoms with Crippen LogP contribution in [0.15, 0.2) is 115 Å². The van der Waals surface area contributed by atoms with Gasteiger partial charge < -0.3 is 9.47 Å². The van der Waals surface area contributed by atoms with E-state index in [1.807, 2.05) is 42.5 Å². The second kappa shape index (κ2) is 12.0. The molecule has 0 aliphatic heterocycles. The Morgan fingerprint density at radius 1 is 0.714 bits per heavy atom. The smallest absolute Gasteiger partial charge is 0.305 e. The largest absolute Gasteiger partial charge is 0.492 e. The van der Waals surface area contributed by atoms with Crippen LogP contribution < -0.4 is 10.1 Å². The van der Waals surface area contributed by atoms with Gasteiger partial charge in [0.05, 0.1) is 12.6 Å². The van der Waals surface area contributed by atoms with Gasteiger partial charge in [0.1, 0.15) is 12.4 Å².